The standard InChI is InChI=1S/C18H21F2N3OS/c1-3-23(11-12(2)24)18(25)22-17-5-4-13(10-21-17)6-14-7-15(19)9-16(20)8-14/h4-5,7-10,12,24H,3,6,11H2,1-2H3,(H,21,22,25)/t12-/m0/s1. The van der Waals surface area contributed by atoms with Gasteiger partial charge in [-0.05, 0) is 61.8 Å². The number of nitrogens with one attached hydrogen (secondary N) is 1. The van der Waals surface area contributed by atoms with Crippen LogP contribution < -0.4 is 5.32 Å². The molecule has 2 aromatic rings. The van der Waals surface area contributed by atoms with Gasteiger partial charge < -0.3 is 15.3 Å². The molecule has 0 aliphatic heterocycles. The monoisotopic (exact) mass is 365 g/mol. The van der Waals surface area contributed by atoms with Crippen molar-refractivity contribution in [1.29, 1.82) is 0 Å². The summed E-state index contributed by atoms with van der Waals surface area (Å²) in [6.45, 7) is 4.75. The van der Waals surface area contributed by atoms with Crippen LogP contribution in [0.4, 0.5) is 14.6 Å². The van der Waals surface area contributed by atoms with Crippen LogP contribution in [0.5, 0.6) is 0 Å². The van der Waals surface area contributed by atoms with E-state index in [0.29, 0.717) is 36.0 Å². The number of hydrogen-bond donors (Lipinski definition) is 2. The predicted molar refractivity (Wildman–Crippen MR) is 98.5 cm³/mol. The SMILES string of the molecule is CCN(C[C@H](C)O)C(=S)Nc1ccc(Cc2cc(F)cc(F)c2)cn1. The molecule has 1 aromatic carbocycles. The van der Waals surface area contributed by atoms with E-state index in [1.807, 2.05) is 17.9 Å². The molecule has 0 spiro atoms. The van der Waals surface area contributed by atoms with E-state index in [1.165, 1.54) is 12.1 Å². The lowest BCUT2D eigenvalue weighted by Crippen LogP contribution is -2.39. The van der Waals surface area contributed by atoms with Crippen LogP contribution in [-0.2, 0) is 6.42 Å². The lowest BCUT2D eigenvalue weighted by atomic mass is 10.1. The fourth-order valence-corrected chi connectivity index (χ4v) is 2.72. The molecule has 1 heterocycles. The van der Waals surface area contributed by atoms with Gasteiger partial charge in [0, 0.05) is 25.4 Å². The summed E-state index contributed by atoms with van der Waals surface area (Å²) < 4.78 is 26.5. The van der Waals surface area contributed by atoms with Crippen molar-refractivity contribution < 1.29 is 13.9 Å². The van der Waals surface area contributed by atoms with Crippen LogP contribution in [0.1, 0.15) is 25.0 Å². The van der Waals surface area contributed by atoms with E-state index in [1.54, 1.807) is 19.2 Å². The maximum atomic E-state index is 13.2. The summed E-state index contributed by atoms with van der Waals surface area (Å²) >= 11 is 5.32. The fourth-order valence-electron chi connectivity index (χ4n) is 2.41. The Morgan fingerprint density at radius 3 is 2.44 bits per heavy atom. The first kappa shape index (κ1) is 19.2. The quantitative estimate of drug-likeness (QED) is 0.769. The summed E-state index contributed by atoms with van der Waals surface area (Å²) in [6.07, 6.45) is 1.54. The van der Waals surface area contributed by atoms with Gasteiger partial charge in [0.05, 0.1) is 6.10 Å². The van der Waals surface area contributed by atoms with Crippen molar-refractivity contribution in [3.05, 3.63) is 59.3 Å². The topological polar surface area (TPSA) is 48.4 Å². The van der Waals surface area contributed by atoms with Crippen LogP contribution >= 0.6 is 12.2 Å². The van der Waals surface area contributed by atoms with E-state index >= 15 is 0 Å². The van der Waals surface area contributed by atoms with Crippen molar-refractivity contribution in [3.63, 3.8) is 0 Å². The van der Waals surface area contributed by atoms with Crippen molar-refractivity contribution >= 4 is 23.1 Å². The Kier molecular flexibility index (Phi) is 6.78. The second kappa shape index (κ2) is 8.82. The molecule has 134 valence electrons. The molecule has 0 saturated heterocycles. The molecule has 0 aliphatic carbocycles. The second-order valence-corrected chi connectivity index (χ2v) is 6.21. The molecule has 1 aromatic heterocycles. The number of aliphatic hydroxyl groups is 1. The molecule has 0 aliphatic rings. The smallest absolute Gasteiger partial charge is 0.174 e. The van der Waals surface area contributed by atoms with Gasteiger partial charge in [-0.15, -0.1) is 0 Å². The Labute approximate surface area is 151 Å². The van der Waals surface area contributed by atoms with Gasteiger partial charge in [0.15, 0.2) is 5.11 Å². The molecule has 0 bridgehead atoms. The third kappa shape index (κ3) is 6.03. The zero-order valence-electron chi connectivity index (χ0n) is 14.2. The molecule has 0 fully saturated rings. The first-order valence-electron chi connectivity index (χ1n) is 8.01. The summed E-state index contributed by atoms with van der Waals surface area (Å²) in [5.41, 5.74) is 1.38. The number of halogens is 2. The first-order chi connectivity index (χ1) is 11.9. The number of nitrogens with zero attached hydrogens (tertiary/aromatic N) is 2. The minimum absolute atomic E-state index is 0.384. The van der Waals surface area contributed by atoms with E-state index in [4.69, 9.17) is 12.2 Å². The number of pyridine rings is 1. The highest BCUT2D eigenvalue weighted by Gasteiger charge is 2.11. The molecule has 7 heteroatoms. The van der Waals surface area contributed by atoms with Gasteiger partial charge >= 0.3 is 0 Å². The Balaban J connectivity index is 2.00. The van der Waals surface area contributed by atoms with Crippen molar-refractivity contribution in [1.82, 2.24) is 9.88 Å². The summed E-state index contributed by atoms with van der Waals surface area (Å²) in [5.74, 6) is -0.614. The normalized spacial score (nSPS) is 11.9. The number of hydrogen-bond acceptors (Lipinski definition) is 3. The molecular formula is C18H21F2N3OS. The molecule has 0 radical (unpaired) electrons. The molecule has 0 amide bonds. The van der Waals surface area contributed by atoms with Gasteiger partial charge in [-0.25, -0.2) is 13.8 Å². The van der Waals surface area contributed by atoms with E-state index in [0.717, 1.165) is 11.6 Å². The van der Waals surface area contributed by atoms with E-state index in [9.17, 15) is 13.9 Å². The molecule has 2 rings (SSSR count). The third-order valence-corrected chi connectivity index (χ3v) is 3.90. The zero-order chi connectivity index (χ0) is 18.4. The third-order valence-electron chi connectivity index (χ3n) is 3.54. The Morgan fingerprint density at radius 1 is 1.24 bits per heavy atom. The minimum atomic E-state index is -0.593. The number of aliphatic hydroxyl groups excluding tert-OH is 1. The zero-order valence-corrected chi connectivity index (χ0v) is 15.0. The van der Waals surface area contributed by atoms with E-state index in [2.05, 4.69) is 10.3 Å². The minimum Gasteiger partial charge on any atom is -0.392 e. The Hall–Kier alpha value is -2.12. The average Bonchev–Trinajstić information content (AvgIpc) is 2.53. The second-order valence-electron chi connectivity index (χ2n) is 5.82. The van der Waals surface area contributed by atoms with Crippen LogP contribution in [0.25, 0.3) is 0 Å². The first-order valence-corrected chi connectivity index (χ1v) is 8.42. The molecule has 0 saturated carbocycles. The van der Waals surface area contributed by atoms with Gasteiger partial charge in [0.2, 0.25) is 0 Å². The number of thiocarbonyl (C=S) groups is 1. The lowest BCUT2D eigenvalue weighted by molar-refractivity contribution is 0.162. The number of anilines is 1. The number of benzene rings is 1. The fraction of sp³-hybridized carbons (Fsp3) is 0.333. The van der Waals surface area contributed by atoms with Gasteiger partial charge in [-0.3, -0.25) is 0 Å². The van der Waals surface area contributed by atoms with E-state index < -0.39 is 17.7 Å². The predicted octanol–water partition coefficient (Wildman–Crippen LogP) is 3.35. The van der Waals surface area contributed by atoms with Crippen LogP contribution in [-0.4, -0.2) is 39.3 Å². The van der Waals surface area contributed by atoms with Crippen molar-refractivity contribution in [3.8, 4) is 0 Å². The number of rotatable bonds is 6. The molecule has 4 nitrogen and oxygen atoms in total. The number of likely N-dealkylation sites (N-methyl/N-ethyl adjacent to an activating group) is 1. The maximum absolute atomic E-state index is 13.2. The summed E-state index contributed by atoms with van der Waals surface area (Å²) in [5, 5.41) is 13.0. The Bertz CT molecular complexity index is 703. The maximum Gasteiger partial charge on any atom is 0.174 e. The Morgan fingerprint density at radius 2 is 1.92 bits per heavy atom. The van der Waals surface area contributed by atoms with Gasteiger partial charge in [0.25, 0.3) is 0 Å². The van der Waals surface area contributed by atoms with E-state index in [-0.39, 0.29) is 0 Å². The highest BCUT2D eigenvalue weighted by Crippen LogP contribution is 2.14. The lowest BCUT2D eigenvalue weighted by Gasteiger charge is -2.25. The van der Waals surface area contributed by atoms with Crippen molar-refractivity contribution in [2.24, 2.45) is 0 Å². The van der Waals surface area contributed by atoms with Crippen LogP contribution in [0.2, 0.25) is 0 Å². The van der Waals surface area contributed by atoms with Crippen LogP contribution in [0.15, 0.2) is 36.5 Å². The average molecular weight is 365 g/mol. The van der Waals surface area contributed by atoms with Crippen LogP contribution in [0.3, 0.4) is 0 Å². The molecule has 2 N–H and O–H groups in total. The van der Waals surface area contributed by atoms with Crippen LogP contribution in [0, 0.1) is 11.6 Å². The van der Waals surface area contributed by atoms with Crippen molar-refractivity contribution in [2.45, 2.75) is 26.4 Å². The molecule has 1 atom stereocenters. The largest absolute Gasteiger partial charge is 0.392 e. The summed E-state index contributed by atoms with van der Waals surface area (Å²) in [7, 11) is 0. The molecule has 25 heavy (non-hydrogen) atoms. The van der Waals surface area contributed by atoms with Gasteiger partial charge in [-0.2, -0.15) is 0 Å². The summed E-state index contributed by atoms with van der Waals surface area (Å²) in [4.78, 5) is 6.12. The highest BCUT2D eigenvalue weighted by molar-refractivity contribution is 7.80. The summed E-state index contributed by atoms with van der Waals surface area (Å²) in [6, 6.07) is 7.04. The molecular weight excluding hydrogens is 344 g/mol. The van der Waals surface area contributed by atoms with Gasteiger partial charge in [0.1, 0.15) is 17.5 Å². The van der Waals surface area contributed by atoms with Gasteiger partial charge in [-0.1, -0.05) is 6.07 Å². The molecule has 0 unspecified atom stereocenters. The highest BCUT2D eigenvalue weighted by atomic mass is 32.1. The van der Waals surface area contributed by atoms with Crippen molar-refractivity contribution in [2.75, 3.05) is 18.4 Å². The number of aromatic nitrogens is 1.